The number of methoxy groups -OCH3 is 1. The first-order chi connectivity index (χ1) is 12.4. The number of rotatable bonds is 8. The number of halogens is 1. The number of ether oxygens (including phenoxy) is 2. The van der Waals surface area contributed by atoms with Gasteiger partial charge in [-0.1, -0.05) is 11.6 Å². The number of carbonyl (C=O) groups excluding carboxylic acids is 1. The highest BCUT2D eigenvalue weighted by molar-refractivity contribution is 7.89. The van der Waals surface area contributed by atoms with Crippen molar-refractivity contribution < 1.29 is 22.7 Å². The van der Waals surface area contributed by atoms with Gasteiger partial charge in [-0.2, -0.15) is 0 Å². The van der Waals surface area contributed by atoms with Gasteiger partial charge in [-0.25, -0.2) is 8.42 Å². The molecule has 0 atom stereocenters. The number of hydrogen-bond acceptors (Lipinski definition) is 5. The first-order valence-corrected chi connectivity index (χ1v) is 9.57. The molecule has 7 nitrogen and oxygen atoms in total. The number of sulfonamides is 1. The highest BCUT2D eigenvalue weighted by Gasteiger charge is 2.16. The van der Waals surface area contributed by atoms with Crippen molar-refractivity contribution in [1.82, 2.24) is 10.3 Å². The molecule has 2 aromatic carbocycles. The lowest BCUT2D eigenvalue weighted by Gasteiger charge is -2.11. The van der Waals surface area contributed by atoms with Crippen LogP contribution in [0.25, 0.3) is 0 Å². The second-order valence-electron chi connectivity index (χ2n) is 5.19. The van der Waals surface area contributed by atoms with Crippen LogP contribution in [-0.2, 0) is 21.2 Å². The number of nitrogens with one attached hydrogen (secondary N) is 2. The molecule has 26 heavy (non-hydrogen) atoms. The van der Waals surface area contributed by atoms with Crippen molar-refractivity contribution >= 4 is 27.5 Å². The van der Waals surface area contributed by atoms with Crippen LogP contribution in [-0.4, -0.2) is 28.0 Å². The molecule has 0 spiro atoms. The molecule has 0 aromatic heterocycles. The smallest absolute Gasteiger partial charge is 0.257 e. The molecule has 0 aliphatic heterocycles. The van der Waals surface area contributed by atoms with E-state index in [4.69, 9.17) is 21.1 Å². The number of carbonyl (C=O) groups is 1. The van der Waals surface area contributed by atoms with Gasteiger partial charge in [0, 0.05) is 10.6 Å². The Labute approximate surface area is 157 Å². The molecule has 0 bridgehead atoms. The SMILES string of the molecule is CCOc1ccc(S(=O)(=O)NNC(=O)Cc2cc(Cl)ccc2OC)cc1. The van der Waals surface area contributed by atoms with Gasteiger partial charge in [0.1, 0.15) is 11.5 Å². The van der Waals surface area contributed by atoms with Gasteiger partial charge in [0.05, 0.1) is 25.0 Å². The molecular weight excluding hydrogens is 380 g/mol. The topological polar surface area (TPSA) is 93.7 Å². The lowest BCUT2D eigenvalue weighted by atomic mass is 10.1. The van der Waals surface area contributed by atoms with E-state index in [1.165, 1.54) is 31.4 Å². The average molecular weight is 399 g/mol. The minimum atomic E-state index is -3.90. The molecule has 0 aliphatic carbocycles. The molecule has 0 saturated heterocycles. The molecule has 0 radical (unpaired) electrons. The van der Waals surface area contributed by atoms with Crippen LogP contribution in [0.2, 0.25) is 5.02 Å². The van der Waals surface area contributed by atoms with E-state index in [0.29, 0.717) is 28.7 Å². The second-order valence-corrected chi connectivity index (χ2v) is 7.31. The molecule has 2 N–H and O–H groups in total. The molecule has 9 heteroatoms. The van der Waals surface area contributed by atoms with Crippen molar-refractivity contribution in [3.05, 3.63) is 53.1 Å². The number of hydrogen-bond donors (Lipinski definition) is 2. The third kappa shape index (κ3) is 5.35. The van der Waals surface area contributed by atoms with E-state index in [1.807, 2.05) is 6.92 Å². The Hall–Kier alpha value is -2.29. The number of hydrazine groups is 1. The van der Waals surface area contributed by atoms with E-state index >= 15 is 0 Å². The lowest BCUT2D eigenvalue weighted by molar-refractivity contribution is -0.120. The van der Waals surface area contributed by atoms with Gasteiger partial charge in [-0.05, 0) is 49.4 Å². The molecule has 0 aliphatic rings. The van der Waals surface area contributed by atoms with E-state index in [1.54, 1.807) is 18.2 Å². The number of amides is 1. The summed E-state index contributed by atoms with van der Waals surface area (Å²) in [4.78, 5) is 14.1. The standard InChI is InChI=1S/C17H19ClN2O5S/c1-3-25-14-5-7-15(8-6-14)26(22,23)20-19-17(21)11-12-10-13(18)4-9-16(12)24-2/h4-10,20H,3,11H2,1-2H3,(H,19,21). The summed E-state index contributed by atoms with van der Waals surface area (Å²) in [7, 11) is -2.43. The largest absolute Gasteiger partial charge is 0.496 e. The lowest BCUT2D eigenvalue weighted by Crippen LogP contribution is -2.42. The third-order valence-electron chi connectivity index (χ3n) is 3.36. The fourth-order valence-electron chi connectivity index (χ4n) is 2.17. The fourth-order valence-corrected chi connectivity index (χ4v) is 3.22. The fraction of sp³-hybridized carbons (Fsp3) is 0.235. The van der Waals surface area contributed by atoms with Crippen molar-refractivity contribution in [2.45, 2.75) is 18.2 Å². The first kappa shape index (κ1) is 20.0. The van der Waals surface area contributed by atoms with Crippen molar-refractivity contribution in [2.24, 2.45) is 0 Å². The summed E-state index contributed by atoms with van der Waals surface area (Å²) in [6.07, 6.45) is -0.102. The van der Waals surface area contributed by atoms with Crippen LogP contribution < -0.4 is 19.7 Å². The van der Waals surface area contributed by atoms with Gasteiger partial charge in [0.15, 0.2) is 0 Å². The highest BCUT2D eigenvalue weighted by atomic mass is 35.5. The summed E-state index contributed by atoms with van der Waals surface area (Å²) in [6.45, 7) is 2.31. The zero-order valence-corrected chi connectivity index (χ0v) is 15.9. The Kier molecular flexibility index (Phi) is 6.84. The Morgan fingerprint density at radius 1 is 1.15 bits per heavy atom. The van der Waals surface area contributed by atoms with E-state index < -0.39 is 15.9 Å². The average Bonchev–Trinajstić information content (AvgIpc) is 2.61. The van der Waals surface area contributed by atoms with E-state index in [-0.39, 0.29) is 11.3 Å². The third-order valence-corrected chi connectivity index (χ3v) is 4.86. The Bertz CT molecular complexity index is 869. The summed E-state index contributed by atoms with van der Waals surface area (Å²) >= 11 is 5.91. The van der Waals surface area contributed by atoms with Crippen molar-refractivity contribution in [1.29, 1.82) is 0 Å². The predicted octanol–water partition coefficient (Wildman–Crippen LogP) is 2.30. The van der Waals surface area contributed by atoms with Crippen LogP contribution in [0.5, 0.6) is 11.5 Å². The summed E-state index contributed by atoms with van der Waals surface area (Å²) in [5.74, 6) is 0.488. The van der Waals surface area contributed by atoms with Crippen LogP contribution in [0.3, 0.4) is 0 Å². The normalized spacial score (nSPS) is 11.0. The van der Waals surface area contributed by atoms with E-state index in [0.717, 1.165) is 0 Å². The summed E-state index contributed by atoms with van der Waals surface area (Å²) < 4.78 is 34.9. The van der Waals surface area contributed by atoms with Crippen LogP contribution in [0.15, 0.2) is 47.4 Å². The molecule has 0 heterocycles. The maximum atomic E-state index is 12.2. The predicted molar refractivity (Wildman–Crippen MR) is 97.8 cm³/mol. The minimum Gasteiger partial charge on any atom is -0.496 e. The maximum Gasteiger partial charge on any atom is 0.257 e. The van der Waals surface area contributed by atoms with Crippen LogP contribution in [0.4, 0.5) is 0 Å². The van der Waals surface area contributed by atoms with Gasteiger partial charge >= 0.3 is 0 Å². The van der Waals surface area contributed by atoms with Gasteiger partial charge < -0.3 is 9.47 Å². The molecule has 0 saturated carbocycles. The van der Waals surface area contributed by atoms with E-state index in [9.17, 15) is 13.2 Å². The second kappa shape index (κ2) is 8.88. The zero-order valence-electron chi connectivity index (χ0n) is 14.3. The zero-order chi connectivity index (χ0) is 19.2. The van der Waals surface area contributed by atoms with E-state index in [2.05, 4.69) is 10.3 Å². The summed E-state index contributed by atoms with van der Waals surface area (Å²) in [5, 5.41) is 0.448. The van der Waals surface area contributed by atoms with Gasteiger partial charge in [0.25, 0.3) is 10.0 Å². The molecule has 140 valence electrons. The van der Waals surface area contributed by atoms with Crippen molar-refractivity contribution in [2.75, 3.05) is 13.7 Å². The Morgan fingerprint density at radius 3 is 2.46 bits per heavy atom. The Morgan fingerprint density at radius 2 is 1.85 bits per heavy atom. The molecule has 2 aromatic rings. The summed E-state index contributed by atoms with van der Waals surface area (Å²) in [6, 6.07) is 10.7. The van der Waals surface area contributed by atoms with Gasteiger partial charge in [-0.15, -0.1) is 4.83 Å². The maximum absolute atomic E-state index is 12.2. The molecular formula is C17H19ClN2O5S. The van der Waals surface area contributed by atoms with Crippen LogP contribution >= 0.6 is 11.6 Å². The minimum absolute atomic E-state index is 0.00147. The molecule has 2 rings (SSSR count). The van der Waals surface area contributed by atoms with Crippen LogP contribution in [0.1, 0.15) is 12.5 Å². The van der Waals surface area contributed by atoms with Crippen LogP contribution in [0, 0.1) is 0 Å². The molecule has 0 fully saturated rings. The number of benzene rings is 2. The molecule has 0 unspecified atom stereocenters. The Balaban J connectivity index is 2.00. The van der Waals surface area contributed by atoms with Gasteiger partial charge in [0.2, 0.25) is 5.91 Å². The monoisotopic (exact) mass is 398 g/mol. The molecule has 1 amide bonds. The highest BCUT2D eigenvalue weighted by Crippen LogP contribution is 2.23. The van der Waals surface area contributed by atoms with Gasteiger partial charge in [-0.3, -0.25) is 10.2 Å². The van der Waals surface area contributed by atoms with Crippen molar-refractivity contribution in [3.8, 4) is 11.5 Å². The van der Waals surface area contributed by atoms with Crippen molar-refractivity contribution in [3.63, 3.8) is 0 Å². The summed E-state index contributed by atoms with van der Waals surface area (Å²) in [5.41, 5.74) is 2.71. The quantitative estimate of drug-likeness (QED) is 0.665. The first-order valence-electron chi connectivity index (χ1n) is 7.71.